The fourth-order valence-corrected chi connectivity index (χ4v) is 3.02. The lowest BCUT2D eigenvalue weighted by atomic mass is 10.1. The predicted octanol–water partition coefficient (Wildman–Crippen LogP) is 4.99. The number of aromatic nitrogens is 2. The third-order valence-corrected chi connectivity index (χ3v) is 4.55. The van der Waals surface area contributed by atoms with E-state index in [2.05, 4.69) is 51.8 Å². The Bertz CT molecular complexity index is 1170. The minimum absolute atomic E-state index is 0.202. The molecule has 0 saturated carbocycles. The van der Waals surface area contributed by atoms with Gasteiger partial charge in [-0.3, -0.25) is 0 Å². The third kappa shape index (κ3) is 4.32. The molecule has 144 valence electrons. The smallest absolute Gasteiger partial charge is 0.335 e. The van der Waals surface area contributed by atoms with Crippen LogP contribution in [0.5, 0.6) is 0 Å². The molecule has 0 saturated heterocycles. The topological polar surface area (TPSA) is 87.1 Å². The van der Waals surface area contributed by atoms with Crippen molar-refractivity contribution in [3.8, 4) is 0 Å². The standard InChI is InChI=1S/C23H20N4O2/c1-15-9-11-16(12-10-15)14-24-21-19-7-2-3-8-20(19)26-23(27-21)25-18-6-4-5-17(13-18)22(28)29/h2-13H,14H2,1H3,(H,28,29)(H2,24,25,26,27). The molecule has 1 heterocycles. The number of aromatic carboxylic acids is 1. The van der Waals surface area contributed by atoms with E-state index in [0.29, 0.717) is 24.0 Å². The summed E-state index contributed by atoms with van der Waals surface area (Å²) in [6, 6.07) is 22.7. The Balaban J connectivity index is 1.64. The van der Waals surface area contributed by atoms with Gasteiger partial charge in [-0.05, 0) is 42.8 Å². The van der Waals surface area contributed by atoms with E-state index in [1.807, 2.05) is 24.3 Å². The van der Waals surface area contributed by atoms with Crippen LogP contribution in [0.15, 0.2) is 72.8 Å². The summed E-state index contributed by atoms with van der Waals surface area (Å²) in [6.07, 6.45) is 0. The van der Waals surface area contributed by atoms with Gasteiger partial charge in [-0.25, -0.2) is 9.78 Å². The van der Waals surface area contributed by atoms with Gasteiger partial charge in [0.2, 0.25) is 5.95 Å². The lowest BCUT2D eigenvalue weighted by Crippen LogP contribution is -2.06. The molecule has 0 fully saturated rings. The molecule has 0 aliphatic carbocycles. The first kappa shape index (κ1) is 18.4. The minimum atomic E-state index is -0.978. The number of benzene rings is 3. The van der Waals surface area contributed by atoms with E-state index >= 15 is 0 Å². The number of hydrogen-bond acceptors (Lipinski definition) is 5. The quantitative estimate of drug-likeness (QED) is 0.434. The van der Waals surface area contributed by atoms with Gasteiger partial charge in [0.1, 0.15) is 5.82 Å². The highest BCUT2D eigenvalue weighted by atomic mass is 16.4. The van der Waals surface area contributed by atoms with Crippen molar-refractivity contribution in [2.75, 3.05) is 10.6 Å². The molecular formula is C23H20N4O2. The summed E-state index contributed by atoms with van der Waals surface area (Å²) in [5, 5.41) is 16.6. The Morgan fingerprint density at radius 2 is 1.76 bits per heavy atom. The van der Waals surface area contributed by atoms with Crippen LogP contribution >= 0.6 is 0 Å². The van der Waals surface area contributed by atoms with E-state index < -0.39 is 5.97 Å². The molecule has 4 aromatic rings. The molecule has 0 radical (unpaired) electrons. The fraction of sp³-hybridized carbons (Fsp3) is 0.0870. The Labute approximate surface area is 168 Å². The van der Waals surface area contributed by atoms with E-state index in [-0.39, 0.29) is 5.56 Å². The van der Waals surface area contributed by atoms with Crippen LogP contribution in [0, 0.1) is 6.92 Å². The monoisotopic (exact) mass is 384 g/mol. The average Bonchev–Trinajstić information content (AvgIpc) is 2.73. The van der Waals surface area contributed by atoms with E-state index in [1.54, 1.807) is 24.3 Å². The summed E-state index contributed by atoms with van der Waals surface area (Å²) in [6.45, 7) is 2.70. The van der Waals surface area contributed by atoms with Crippen LogP contribution in [0.25, 0.3) is 10.9 Å². The molecular weight excluding hydrogens is 364 g/mol. The van der Waals surface area contributed by atoms with E-state index in [9.17, 15) is 9.90 Å². The number of carboxylic acid groups (broad SMARTS) is 1. The van der Waals surface area contributed by atoms with Crippen LogP contribution < -0.4 is 10.6 Å². The van der Waals surface area contributed by atoms with Gasteiger partial charge in [-0.1, -0.05) is 48.0 Å². The van der Waals surface area contributed by atoms with Gasteiger partial charge < -0.3 is 15.7 Å². The summed E-state index contributed by atoms with van der Waals surface area (Å²) in [7, 11) is 0. The second-order valence-corrected chi connectivity index (χ2v) is 6.76. The molecule has 3 N–H and O–H groups in total. The number of anilines is 3. The maximum absolute atomic E-state index is 11.2. The van der Waals surface area contributed by atoms with Crippen molar-refractivity contribution in [2.24, 2.45) is 0 Å². The molecule has 0 unspecified atom stereocenters. The SMILES string of the molecule is Cc1ccc(CNc2nc(Nc3cccc(C(=O)O)c3)nc3ccccc23)cc1. The second kappa shape index (κ2) is 7.98. The van der Waals surface area contributed by atoms with Crippen LogP contribution in [0.3, 0.4) is 0 Å². The van der Waals surface area contributed by atoms with Crippen molar-refractivity contribution in [3.63, 3.8) is 0 Å². The van der Waals surface area contributed by atoms with E-state index in [0.717, 1.165) is 16.5 Å². The second-order valence-electron chi connectivity index (χ2n) is 6.76. The maximum atomic E-state index is 11.2. The Hall–Kier alpha value is -3.93. The van der Waals surface area contributed by atoms with E-state index in [1.165, 1.54) is 5.56 Å². The highest BCUT2D eigenvalue weighted by molar-refractivity contribution is 5.91. The van der Waals surface area contributed by atoms with Gasteiger partial charge in [0.05, 0.1) is 11.1 Å². The Morgan fingerprint density at radius 3 is 2.55 bits per heavy atom. The minimum Gasteiger partial charge on any atom is -0.478 e. The molecule has 0 amide bonds. The molecule has 6 heteroatoms. The van der Waals surface area contributed by atoms with Crippen LogP contribution in [0.1, 0.15) is 21.5 Å². The van der Waals surface area contributed by atoms with Gasteiger partial charge in [0, 0.05) is 17.6 Å². The molecule has 0 spiro atoms. The van der Waals surface area contributed by atoms with Crippen LogP contribution in [-0.4, -0.2) is 21.0 Å². The van der Waals surface area contributed by atoms with Crippen molar-refractivity contribution in [1.29, 1.82) is 0 Å². The number of nitrogens with zero attached hydrogens (tertiary/aromatic N) is 2. The molecule has 0 aliphatic rings. The molecule has 0 aliphatic heterocycles. The first-order valence-corrected chi connectivity index (χ1v) is 9.25. The first-order chi connectivity index (χ1) is 14.1. The van der Waals surface area contributed by atoms with Gasteiger partial charge in [0.15, 0.2) is 0 Å². The number of rotatable bonds is 6. The van der Waals surface area contributed by atoms with Crippen molar-refractivity contribution in [2.45, 2.75) is 13.5 Å². The van der Waals surface area contributed by atoms with Crippen molar-refractivity contribution in [3.05, 3.63) is 89.5 Å². The van der Waals surface area contributed by atoms with Gasteiger partial charge in [0.25, 0.3) is 0 Å². The highest BCUT2D eigenvalue weighted by Crippen LogP contribution is 2.24. The first-order valence-electron chi connectivity index (χ1n) is 9.25. The largest absolute Gasteiger partial charge is 0.478 e. The molecule has 0 atom stereocenters. The average molecular weight is 384 g/mol. The zero-order valence-electron chi connectivity index (χ0n) is 15.9. The molecule has 1 aromatic heterocycles. The normalized spacial score (nSPS) is 10.7. The number of carbonyl (C=O) groups is 1. The number of hydrogen-bond donors (Lipinski definition) is 3. The lowest BCUT2D eigenvalue weighted by molar-refractivity contribution is 0.0697. The van der Waals surface area contributed by atoms with Crippen molar-refractivity contribution in [1.82, 2.24) is 9.97 Å². The zero-order valence-corrected chi connectivity index (χ0v) is 15.9. The highest BCUT2D eigenvalue weighted by Gasteiger charge is 2.09. The molecule has 0 bridgehead atoms. The predicted molar refractivity (Wildman–Crippen MR) is 115 cm³/mol. The summed E-state index contributed by atoms with van der Waals surface area (Å²) >= 11 is 0. The molecule has 6 nitrogen and oxygen atoms in total. The fourth-order valence-electron chi connectivity index (χ4n) is 3.02. The number of nitrogens with one attached hydrogen (secondary N) is 2. The van der Waals surface area contributed by atoms with Crippen LogP contribution in [0.4, 0.5) is 17.5 Å². The summed E-state index contributed by atoms with van der Waals surface area (Å²) in [5.74, 6) is 0.138. The molecule has 29 heavy (non-hydrogen) atoms. The van der Waals surface area contributed by atoms with Gasteiger partial charge in [-0.15, -0.1) is 0 Å². The van der Waals surface area contributed by atoms with Crippen LogP contribution in [-0.2, 0) is 6.54 Å². The van der Waals surface area contributed by atoms with Crippen molar-refractivity contribution < 1.29 is 9.90 Å². The van der Waals surface area contributed by atoms with Gasteiger partial charge >= 0.3 is 5.97 Å². The zero-order chi connectivity index (χ0) is 20.2. The maximum Gasteiger partial charge on any atom is 0.335 e. The van der Waals surface area contributed by atoms with Crippen LogP contribution in [0.2, 0.25) is 0 Å². The summed E-state index contributed by atoms with van der Waals surface area (Å²) in [5.41, 5.74) is 3.99. The van der Waals surface area contributed by atoms with Gasteiger partial charge in [-0.2, -0.15) is 4.98 Å². The summed E-state index contributed by atoms with van der Waals surface area (Å²) < 4.78 is 0. The number of aryl methyl sites for hydroxylation is 1. The molecule has 3 aromatic carbocycles. The summed E-state index contributed by atoms with van der Waals surface area (Å²) in [4.78, 5) is 20.4. The number of fused-ring (bicyclic) bond motifs is 1. The number of carboxylic acids is 1. The lowest BCUT2D eigenvalue weighted by Gasteiger charge is -2.12. The third-order valence-electron chi connectivity index (χ3n) is 4.55. The van der Waals surface area contributed by atoms with Crippen molar-refractivity contribution >= 4 is 34.3 Å². The molecule has 4 rings (SSSR count). The Morgan fingerprint density at radius 1 is 0.966 bits per heavy atom. The Kier molecular flexibility index (Phi) is 5.07. The number of para-hydroxylation sites is 1. The van der Waals surface area contributed by atoms with E-state index in [4.69, 9.17) is 0 Å².